The Hall–Kier alpha value is -2.53. The molecule has 0 bridgehead atoms. The van der Waals surface area contributed by atoms with Gasteiger partial charge in [0.15, 0.2) is 0 Å². The molecule has 0 spiro atoms. The van der Waals surface area contributed by atoms with Gasteiger partial charge in [-0.05, 0) is 88.7 Å². The normalized spacial score (nSPS) is 11.0. The first-order chi connectivity index (χ1) is 14.9. The minimum Gasteiger partial charge on any atom is -0.487 e. The number of ether oxygens (including phenoxy) is 1. The number of hydrogen-bond acceptors (Lipinski definition) is 3. The van der Waals surface area contributed by atoms with Crippen LogP contribution >= 0.6 is 45.8 Å². The fourth-order valence-electron chi connectivity index (χ4n) is 2.70. The molecule has 0 fully saturated rings. The van der Waals surface area contributed by atoms with Gasteiger partial charge in [-0.1, -0.05) is 47.5 Å². The van der Waals surface area contributed by atoms with Crippen molar-refractivity contribution in [3.8, 4) is 11.8 Å². The number of benzene rings is 3. The number of amides is 1. The number of nitrogens with zero attached hydrogens (tertiary/aromatic N) is 1. The summed E-state index contributed by atoms with van der Waals surface area (Å²) in [6.45, 7) is 2.23. The number of aryl methyl sites for hydroxylation is 1. The van der Waals surface area contributed by atoms with E-state index in [1.165, 1.54) is 6.08 Å². The van der Waals surface area contributed by atoms with E-state index in [-0.39, 0.29) is 5.57 Å². The number of hydrogen-bond donors (Lipinski definition) is 1. The third-order valence-corrected chi connectivity index (χ3v) is 5.64. The van der Waals surface area contributed by atoms with Gasteiger partial charge in [-0.15, -0.1) is 0 Å². The van der Waals surface area contributed by atoms with Crippen molar-refractivity contribution in [1.82, 2.24) is 0 Å². The molecule has 0 aromatic heterocycles. The molecule has 31 heavy (non-hydrogen) atoms. The van der Waals surface area contributed by atoms with Crippen molar-refractivity contribution in [2.45, 2.75) is 13.5 Å². The molecule has 0 atom stereocenters. The lowest BCUT2D eigenvalue weighted by molar-refractivity contribution is -0.112. The second kappa shape index (κ2) is 10.7. The summed E-state index contributed by atoms with van der Waals surface area (Å²) in [4.78, 5) is 12.5. The SMILES string of the molecule is Cc1ccc(Cl)cc1NC(=O)/C(C#N)=C/c1ccc(OCc2ccc(I)cc2)c(Cl)c1. The second-order valence-corrected chi connectivity index (χ2v) is 8.78. The number of halogens is 3. The summed E-state index contributed by atoms with van der Waals surface area (Å²) in [5.74, 6) is -0.00194. The Morgan fingerprint density at radius 2 is 1.87 bits per heavy atom. The average Bonchev–Trinajstić information content (AvgIpc) is 2.75. The molecule has 156 valence electrons. The average molecular weight is 563 g/mol. The highest BCUT2D eigenvalue weighted by Crippen LogP contribution is 2.28. The zero-order valence-corrected chi connectivity index (χ0v) is 20.1. The van der Waals surface area contributed by atoms with Gasteiger partial charge in [0.2, 0.25) is 0 Å². The fraction of sp³-hybridized carbons (Fsp3) is 0.0833. The molecule has 0 aliphatic rings. The van der Waals surface area contributed by atoms with Crippen LogP contribution in [0.3, 0.4) is 0 Å². The molecule has 0 heterocycles. The highest BCUT2D eigenvalue weighted by Gasteiger charge is 2.12. The van der Waals surface area contributed by atoms with Gasteiger partial charge in [-0.25, -0.2) is 0 Å². The summed E-state index contributed by atoms with van der Waals surface area (Å²) in [5.41, 5.74) is 2.98. The van der Waals surface area contributed by atoms with Crippen molar-refractivity contribution in [2.24, 2.45) is 0 Å². The van der Waals surface area contributed by atoms with Crippen molar-refractivity contribution in [2.75, 3.05) is 5.32 Å². The molecular formula is C24H17Cl2IN2O2. The third-order valence-electron chi connectivity index (χ3n) is 4.39. The number of carbonyl (C=O) groups excluding carboxylic acids is 1. The topological polar surface area (TPSA) is 62.1 Å². The molecule has 1 N–H and O–H groups in total. The summed E-state index contributed by atoms with van der Waals surface area (Å²) in [7, 11) is 0. The molecule has 3 rings (SSSR count). The molecule has 0 aliphatic carbocycles. The predicted octanol–water partition coefficient (Wildman–Crippen LogP) is 7.03. The molecule has 3 aromatic rings. The quantitative estimate of drug-likeness (QED) is 0.199. The minimum atomic E-state index is -0.525. The van der Waals surface area contributed by atoms with Crippen molar-refractivity contribution in [3.63, 3.8) is 0 Å². The van der Waals surface area contributed by atoms with Crippen molar-refractivity contribution >= 4 is 63.5 Å². The Bertz CT molecular complexity index is 1190. The van der Waals surface area contributed by atoms with Crippen LogP contribution in [0, 0.1) is 21.8 Å². The fourth-order valence-corrected chi connectivity index (χ4v) is 3.47. The third kappa shape index (κ3) is 6.47. The van der Waals surface area contributed by atoms with E-state index in [0.717, 1.165) is 14.7 Å². The highest BCUT2D eigenvalue weighted by atomic mass is 127. The molecular weight excluding hydrogens is 546 g/mol. The lowest BCUT2D eigenvalue weighted by Crippen LogP contribution is -2.14. The number of nitriles is 1. The Morgan fingerprint density at radius 1 is 1.13 bits per heavy atom. The molecule has 4 nitrogen and oxygen atoms in total. The largest absolute Gasteiger partial charge is 0.487 e. The van der Waals surface area contributed by atoms with Crippen LogP contribution in [0.15, 0.2) is 66.2 Å². The van der Waals surface area contributed by atoms with Gasteiger partial charge in [-0.3, -0.25) is 4.79 Å². The molecule has 7 heteroatoms. The van der Waals surface area contributed by atoms with Gasteiger partial charge in [0.05, 0.1) is 5.02 Å². The first-order valence-electron chi connectivity index (χ1n) is 9.22. The summed E-state index contributed by atoms with van der Waals surface area (Å²) in [6, 6.07) is 20.2. The van der Waals surface area contributed by atoms with E-state index < -0.39 is 5.91 Å². The molecule has 0 saturated heterocycles. The van der Waals surface area contributed by atoms with Gasteiger partial charge in [0.1, 0.15) is 24.0 Å². The first kappa shape index (κ1) is 23.1. The maximum atomic E-state index is 12.5. The van der Waals surface area contributed by atoms with Gasteiger partial charge in [-0.2, -0.15) is 5.26 Å². The van der Waals surface area contributed by atoms with Crippen molar-refractivity contribution in [3.05, 3.63) is 96.5 Å². The smallest absolute Gasteiger partial charge is 0.266 e. The standard InChI is InChI=1S/C24H17Cl2IN2O2/c1-15-2-6-19(25)12-22(15)29-24(30)18(13-28)10-17-5-9-23(21(26)11-17)31-14-16-3-7-20(27)8-4-16/h2-12H,14H2,1H3,(H,29,30)/b18-10+. The highest BCUT2D eigenvalue weighted by molar-refractivity contribution is 14.1. The van der Waals surface area contributed by atoms with Gasteiger partial charge in [0.25, 0.3) is 5.91 Å². The number of anilines is 1. The number of carbonyl (C=O) groups is 1. The zero-order chi connectivity index (χ0) is 22.4. The number of rotatable bonds is 6. The van der Waals surface area contributed by atoms with Gasteiger partial charge >= 0.3 is 0 Å². The van der Waals surface area contributed by atoms with Crippen molar-refractivity contribution < 1.29 is 9.53 Å². The molecule has 0 unspecified atom stereocenters. The second-order valence-electron chi connectivity index (χ2n) is 6.69. The Balaban J connectivity index is 1.72. The minimum absolute atomic E-state index is 0.0528. The first-order valence-corrected chi connectivity index (χ1v) is 11.1. The summed E-state index contributed by atoms with van der Waals surface area (Å²) < 4.78 is 6.94. The Labute approximate surface area is 204 Å². The van der Waals surface area contributed by atoms with Crippen LogP contribution in [-0.4, -0.2) is 5.91 Å². The van der Waals surface area contributed by atoms with E-state index in [1.54, 1.807) is 36.4 Å². The van der Waals surface area contributed by atoms with Gasteiger partial charge < -0.3 is 10.1 Å². The summed E-state index contributed by atoms with van der Waals surface area (Å²) >= 11 is 14.6. The summed E-state index contributed by atoms with van der Waals surface area (Å²) in [6.07, 6.45) is 1.48. The van der Waals surface area contributed by atoms with E-state index in [9.17, 15) is 10.1 Å². The Morgan fingerprint density at radius 3 is 2.55 bits per heavy atom. The molecule has 3 aromatic carbocycles. The van der Waals surface area contributed by atoms with Crippen LogP contribution in [0.1, 0.15) is 16.7 Å². The Kier molecular flexibility index (Phi) is 7.97. The molecule has 0 saturated carbocycles. The number of nitrogens with one attached hydrogen (secondary N) is 1. The van der Waals surface area contributed by atoms with Gasteiger partial charge in [0, 0.05) is 14.3 Å². The molecule has 1 amide bonds. The van der Waals surface area contributed by atoms with Crippen LogP contribution in [0.2, 0.25) is 10.0 Å². The lowest BCUT2D eigenvalue weighted by Gasteiger charge is -2.10. The van der Waals surface area contributed by atoms with E-state index in [4.69, 9.17) is 27.9 Å². The molecule has 0 radical (unpaired) electrons. The van der Waals surface area contributed by atoms with Crippen LogP contribution in [0.25, 0.3) is 6.08 Å². The van der Waals surface area contributed by atoms with E-state index in [0.29, 0.717) is 33.7 Å². The lowest BCUT2D eigenvalue weighted by atomic mass is 10.1. The van der Waals surface area contributed by atoms with Crippen molar-refractivity contribution in [1.29, 1.82) is 5.26 Å². The van der Waals surface area contributed by atoms with Crippen LogP contribution in [0.5, 0.6) is 5.75 Å². The maximum absolute atomic E-state index is 12.5. The predicted molar refractivity (Wildman–Crippen MR) is 133 cm³/mol. The zero-order valence-electron chi connectivity index (χ0n) is 16.5. The van der Waals surface area contributed by atoms with Crippen LogP contribution in [0.4, 0.5) is 5.69 Å². The monoisotopic (exact) mass is 562 g/mol. The van der Waals surface area contributed by atoms with E-state index >= 15 is 0 Å². The summed E-state index contributed by atoms with van der Waals surface area (Å²) in [5, 5.41) is 13.1. The van der Waals surface area contributed by atoms with Crippen LogP contribution in [-0.2, 0) is 11.4 Å². The maximum Gasteiger partial charge on any atom is 0.266 e. The van der Waals surface area contributed by atoms with E-state index in [1.807, 2.05) is 37.3 Å². The van der Waals surface area contributed by atoms with E-state index in [2.05, 4.69) is 27.9 Å². The molecule has 0 aliphatic heterocycles. The van der Waals surface area contributed by atoms with Crippen LogP contribution < -0.4 is 10.1 Å².